The lowest BCUT2D eigenvalue weighted by Gasteiger charge is -1.93. The topological polar surface area (TPSA) is 58.7 Å². The third-order valence-electron chi connectivity index (χ3n) is 2.55. The van der Waals surface area contributed by atoms with Crippen molar-refractivity contribution in [2.45, 2.75) is 38.4 Å². The average Bonchev–Trinajstić information content (AvgIpc) is 3.12. The van der Waals surface area contributed by atoms with Gasteiger partial charge < -0.3 is 10.1 Å². The molecule has 1 saturated heterocycles. The zero-order valence-corrected chi connectivity index (χ0v) is 10.3. The van der Waals surface area contributed by atoms with Gasteiger partial charge in [-0.1, -0.05) is 24.3 Å². The van der Waals surface area contributed by atoms with Crippen molar-refractivity contribution in [3.05, 3.63) is 24.3 Å². The van der Waals surface area contributed by atoms with Gasteiger partial charge in [0.2, 0.25) is 0 Å². The molecule has 0 aromatic rings. The van der Waals surface area contributed by atoms with Crippen LogP contribution in [-0.2, 0) is 14.3 Å². The monoisotopic (exact) mass is 237 g/mol. The minimum atomic E-state index is -0.556. The Morgan fingerprint density at radius 2 is 2.00 bits per heavy atom. The van der Waals surface area contributed by atoms with Gasteiger partial charge in [-0.25, -0.2) is 0 Å². The van der Waals surface area contributed by atoms with Crippen LogP contribution in [0.5, 0.6) is 0 Å². The van der Waals surface area contributed by atoms with E-state index >= 15 is 0 Å². The van der Waals surface area contributed by atoms with Gasteiger partial charge in [0.05, 0.1) is 0 Å². The summed E-state index contributed by atoms with van der Waals surface area (Å²) in [7, 11) is 1.54. The number of allylic oxidation sites excluding steroid dienone is 4. The highest BCUT2D eigenvalue weighted by molar-refractivity contribution is 5.95. The Kier molecular flexibility index (Phi) is 5.63. The van der Waals surface area contributed by atoms with Crippen molar-refractivity contribution in [2.75, 3.05) is 7.05 Å². The number of ether oxygens (including phenoxy) is 1. The van der Waals surface area contributed by atoms with Crippen LogP contribution < -0.4 is 5.32 Å². The Balaban J connectivity index is 2.15. The Morgan fingerprint density at radius 1 is 1.24 bits per heavy atom. The minimum absolute atomic E-state index is 0.00860. The molecule has 1 rings (SSSR count). The molecule has 4 heteroatoms. The minimum Gasteiger partial charge on any atom is -0.357 e. The number of Topliss-reactive ketones (excluding diaryl/α,β-unsaturated/α-hetero) is 1. The predicted octanol–water partition coefficient (Wildman–Crippen LogP) is 1.37. The van der Waals surface area contributed by atoms with Crippen LogP contribution in [0.25, 0.3) is 0 Å². The van der Waals surface area contributed by atoms with Gasteiger partial charge in [0.1, 0.15) is 0 Å². The van der Waals surface area contributed by atoms with Gasteiger partial charge in [-0.2, -0.15) is 0 Å². The van der Waals surface area contributed by atoms with E-state index in [-0.39, 0.29) is 11.7 Å². The van der Waals surface area contributed by atoms with E-state index in [2.05, 4.69) is 5.32 Å². The van der Waals surface area contributed by atoms with Crippen molar-refractivity contribution in [3.8, 4) is 0 Å². The van der Waals surface area contributed by atoms with E-state index in [9.17, 15) is 9.59 Å². The number of amides is 1. The third kappa shape index (κ3) is 4.53. The van der Waals surface area contributed by atoms with Gasteiger partial charge >= 0.3 is 0 Å². The van der Waals surface area contributed by atoms with Crippen molar-refractivity contribution in [1.82, 2.24) is 5.32 Å². The maximum atomic E-state index is 11.6. The van der Waals surface area contributed by atoms with Crippen LogP contribution in [0.15, 0.2) is 24.3 Å². The number of carbonyl (C=O) groups excluding carboxylic acids is 2. The molecule has 0 saturated carbocycles. The molecule has 1 amide bonds. The number of hydrogen-bond donors (Lipinski definition) is 1. The summed E-state index contributed by atoms with van der Waals surface area (Å²) in [6.45, 7) is 1.97. The molecule has 0 aromatic carbocycles. The van der Waals surface area contributed by atoms with Crippen molar-refractivity contribution in [3.63, 3.8) is 0 Å². The second-order valence-corrected chi connectivity index (χ2v) is 3.87. The van der Waals surface area contributed by atoms with Gasteiger partial charge in [-0.15, -0.1) is 0 Å². The molecule has 94 valence electrons. The van der Waals surface area contributed by atoms with Gasteiger partial charge in [0.15, 0.2) is 18.0 Å². The lowest BCUT2D eigenvalue weighted by Crippen LogP contribution is -2.26. The SMILES string of the molecule is CC=CCC=CCCC(=O)C1OC1C(=O)NC. The Bertz CT molecular complexity index is 334. The first-order valence-corrected chi connectivity index (χ1v) is 5.86. The summed E-state index contributed by atoms with van der Waals surface area (Å²) in [6.07, 6.45) is 9.00. The summed E-state index contributed by atoms with van der Waals surface area (Å²) in [5.41, 5.74) is 0. The molecule has 1 aliphatic heterocycles. The van der Waals surface area contributed by atoms with Crippen LogP contribution in [0.3, 0.4) is 0 Å². The van der Waals surface area contributed by atoms with Crippen molar-refractivity contribution >= 4 is 11.7 Å². The fraction of sp³-hybridized carbons (Fsp3) is 0.538. The first-order valence-electron chi connectivity index (χ1n) is 5.86. The molecular weight excluding hydrogens is 218 g/mol. The molecule has 0 radical (unpaired) electrons. The molecule has 17 heavy (non-hydrogen) atoms. The zero-order valence-electron chi connectivity index (χ0n) is 10.3. The normalized spacial score (nSPS) is 23.2. The fourth-order valence-corrected chi connectivity index (χ4v) is 1.50. The fourth-order valence-electron chi connectivity index (χ4n) is 1.50. The largest absolute Gasteiger partial charge is 0.357 e. The summed E-state index contributed by atoms with van der Waals surface area (Å²) in [5, 5.41) is 2.46. The van der Waals surface area contributed by atoms with E-state index in [1.807, 2.05) is 31.2 Å². The molecule has 1 heterocycles. The number of ketones is 1. The Morgan fingerprint density at radius 3 is 2.65 bits per heavy atom. The van der Waals surface area contributed by atoms with Crippen LogP contribution in [0.1, 0.15) is 26.2 Å². The number of nitrogens with one attached hydrogen (secondary N) is 1. The standard InChI is InChI=1S/C13H19NO3/c1-3-4-5-6-7-8-9-10(15)11-12(17-11)13(16)14-2/h3-4,6-7,11-12H,5,8-9H2,1-2H3,(H,14,16). The summed E-state index contributed by atoms with van der Waals surface area (Å²) >= 11 is 0. The molecule has 0 spiro atoms. The summed E-state index contributed by atoms with van der Waals surface area (Å²) < 4.78 is 5.03. The predicted molar refractivity (Wildman–Crippen MR) is 65.5 cm³/mol. The maximum absolute atomic E-state index is 11.6. The van der Waals surface area contributed by atoms with Crippen LogP contribution in [-0.4, -0.2) is 30.9 Å². The molecular formula is C13H19NO3. The van der Waals surface area contributed by atoms with Gasteiger partial charge in [0.25, 0.3) is 5.91 Å². The third-order valence-corrected chi connectivity index (χ3v) is 2.55. The highest BCUT2D eigenvalue weighted by atomic mass is 16.6. The second kappa shape index (κ2) is 7.01. The molecule has 2 unspecified atom stereocenters. The highest BCUT2D eigenvalue weighted by Crippen LogP contribution is 2.24. The number of carbonyl (C=O) groups is 2. The van der Waals surface area contributed by atoms with Crippen molar-refractivity contribution < 1.29 is 14.3 Å². The van der Waals surface area contributed by atoms with Crippen molar-refractivity contribution in [1.29, 1.82) is 0 Å². The molecule has 0 aliphatic carbocycles. The molecule has 1 fully saturated rings. The zero-order chi connectivity index (χ0) is 12.7. The van der Waals surface area contributed by atoms with E-state index in [4.69, 9.17) is 4.74 Å². The Labute approximate surface area is 102 Å². The summed E-state index contributed by atoms with van der Waals surface area (Å²) in [6, 6.07) is 0. The first-order chi connectivity index (χ1) is 8.20. The molecule has 0 bridgehead atoms. The summed E-state index contributed by atoms with van der Waals surface area (Å²) in [5.74, 6) is -0.207. The average molecular weight is 237 g/mol. The van der Waals surface area contributed by atoms with Crippen molar-refractivity contribution in [2.24, 2.45) is 0 Å². The summed E-state index contributed by atoms with van der Waals surface area (Å²) in [4.78, 5) is 22.7. The van der Waals surface area contributed by atoms with Crippen LogP contribution >= 0.6 is 0 Å². The van der Waals surface area contributed by atoms with E-state index < -0.39 is 12.2 Å². The van der Waals surface area contributed by atoms with E-state index in [1.54, 1.807) is 0 Å². The van der Waals surface area contributed by atoms with E-state index in [0.717, 1.165) is 6.42 Å². The van der Waals surface area contributed by atoms with E-state index in [0.29, 0.717) is 12.8 Å². The molecule has 1 aliphatic rings. The molecule has 1 N–H and O–H groups in total. The smallest absolute Gasteiger partial charge is 0.252 e. The maximum Gasteiger partial charge on any atom is 0.252 e. The number of epoxide rings is 1. The highest BCUT2D eigenvalue weighted by Gasteiger charge is 2.48. The molecule has 0 aromatic heterocycles. The quantitative estimate of drug-likeness (QED) is 0.537. The second-order valence-electron chi connectivity index (χ2n) is 3.87. The number of rotatable bonds is 7. The van der Waals surface area contributed by atoms with Crippen LogP contribution in [0.2, 0.25) is 0 Å². The van der Waals surface area contributed by atoms with Crippen LogP contribution in [0.4, 0.5) is 0 Å². The number of likely N-dealkylation sites (N-methyl/N-ethyl adjacent to an activating group) is 1. The van der Waals surface area contributed by atoms with Crippen LogP contribution in [0, 0.1) is 0 Å². The van der Waals surface area contributed by atoms with Gasteiger partial charge in [-0.3, -0.25) is 9.59 Å². The van der Waals surface area contributed by atoms with E-state index in [1.165, 1.54) is 7.05 Å². The Hall–Kier alpha value is -1.42. The molecule has 2 atom stereocenters. The lowest BCUT2D eigenvalue weighted by atomic mass is 10.1. The van der Waals surface area contributed by atoms with Gasteiger partial charge in [0, 0.05) is 13.5 Å². The first kappa shape index (κ1) is 13.6. The van der Waals surface area contributed by atoms with Gasteiger partial charge in [-0.05, 0) is 19.8 Å². The number of hydrogen-bond acceptors (Lipinski definition) is 3. The lowest BCUT2D eigenvalue weighted by molar-refractivity contribution is -0.123. The molecule has 4 nitrogen and oxygen atoms in total.